The molecule has 0 bridgehead atoms. The minimum atomic E-state index is -0.0873. The van der Waals surface area contributed by atoms with Gasteiger partial charge in [-0.05, 0) is 73.7 Å². The van der Waals surface area contributed by atoms with Gasteiger partial charge in [0.05, 0.1) is 0 Å². The summed E-state index contributed by atoms with van der Waals surface area (Å²) in [5.74, 6) is 2.28. The van der Waals surface area contributed by atoms with Gasteiger partial charge in [-0.15, -0.1) is 10.2 Å². The zero-order valence-corrected chi connectivity index (χ0v) is 18.7. The van der Waals surface area contributed by atoms with Crippen LogP contribution in [0.1, 0.15) is 51.2 Å². The van der Waals surface area contributed by atoms with Gasteiger partial charge >= 0.3 is 0 Å². The smallest absolute Gasteiger partial charge is 0.255 e. The first-order valence-electron chi connectivity index (χ1n) is 11.4. The Kier molecular flexibility index (Phi) is 5.98. The third kappa shape index (κ3) is 4.85. The second-order valence-electron chi connectivity index (χ2n) is 8.61. The van der Waals surface area contributed by atoms with Gasteiger partial charge in [-0.25, -0.2) is 0 Å². The number of aryl methyl sites for hydroxylation is 4. The van der Waals surface area contributed by atoms with Crippen molar-refractivity contribution in [3.8, 4) is 0 Å². The van der Waals surface area contributed by atoms with E-state index in [-0.39, 0.29) is 5.91 Å². The van der Waals surface area contributed by atoms with Crippen LogP contribution >= 0.6 is 0 Å². The summed E-state index contributed by atoms with van der Waals surface area (Å²) in [5, 5.41) is 11.5. The molecule has 0 fully saturated rings. The van der Waals surface area contributed by atoms with E-state index in [4.69, 9.17) is 0 Å². The number of rotatable bonds is 6. The fraction of sp³-hybridized carbons (Fsp3) is 0.259. The average Bonchev–Trinajstić information content (AvgIpc) is 3.24. The number of aromatic nitrogens is 4. The van der Waals surface area contributed by atoms with Crippen molar-refractivity contribution in [2.24, 2.45) is 0 Å². The first-order chi connectivity index (χ1) is 16.2. The first-order valence-corrected chi connectivity index (χ1v) is 11.4. The Morgan fingerprint density at radius 1 is 1.03 bits per heavy atom. The maximum absolute atomic E-state index is 13.0. The van der Waals surface area contributed by atoms with Gasteiger partial charge in [0.25, 0.3) is 5.91 Å². The van der Waals surface area contributed by atoms with Crippen LogP contribution < -0.4 is 5.32 Å². The SMILES string of the molecule is Cc1nnc2n1C[C@H](c1cccc(C(=O)Nc3cccc(CCc4ccccn4)c3)c1)CC2. The van der Waals surface area contributed by atoms with Gasteiger partial charge in [-0.1, -0.05) is 30.3 Å². The monoisotopic (exact) mass is 437 g/mol. The molecule has 2 aromatic carbocycles. The van der Waals surface area contributed by atoms with Crippen molar-refractivity contribution in [2.75, 3.05) is 5.32 Å². The molecule has 1 amide bonds. The summed E-state index contributed by atoms with van der Waals surface area (Å²) in [6.07, 6.45) is 5.49. The standard InChI is InChI=1S/C27H27N5O/c1-19-30-31-26-14-12-23(18-32(19)26)21-7-5-8-22(17-21)27(33)29-25-10-4-6-20(16-25)11-13-24-9-2-3-15-28-24/h2-10,15-17,23H,11-14,18H2,1H3,(H,29,33)/t23-/m1/s1. The summed E-state index contributed by atoms with van der Waals surface area (Å²) >= 11 is 0. The fourth-order valence-corrected chi connectivity index (χ4v) is 4.49. The Labute approximate surface area is 193 Å². The van der Waals surface area contributed by atoms with Gasteiger partial charge in [0, 0.05) is 42.0 Å². The summed E-state index contributed by atoms with van der Waals surface area (Å²) in [4.78, 5) is 17.4. The third-order valence-electron chi connectivity index (χ3n) is 6.33. The largest absolute Gasteiger partial charge is 0.322 e. The number of fused-ring (bicyclic) bond motifs is 1. The number of carbonyl (C=O) groups is 1. The minimum Gasteiger partial charge on any atom is -0.322 e. The Morgan fingerprint density at radius 3 is 2.82 bits per heavy atom. The molecule has 3 heterocycles. The maximum Gasteiger partial charge on any atom is 0.255 e. The average molecular weight is 438 g/mol. The van der Waals surface area contributed by atoms with Crippen molar-refractivity contribution in [1.82, 2.24) is 19.7 Å². The van der Waals surface area contributed by atoms with Gasteiger partial charge in [0.15, 0.2) is 0 Å². The molecule has 0 spiro atoms. The maximum atomic E-state index is 13.0. The van der Waals surface area contributed by atoms with Crippen LogP contribution in [0.25, 0.3) is 0 Å². The topological polar surface area (TPSA) is 72.7 Å². The quantitative estimate of drug-likeness (QED) is 0.473. The lowest BCUT2D eigenvalue weighted by Gasteiger charge is -2.24. The van der Waals surface area contributed by atoms with Crippen LogP contribution in [-0.2, 0) is 25.8 Å². The first kappa shape index (κ1) is 21.1. The van der Waals surface area contributed by atoms with Gasteiger partial charge < -0.3 is 9.88 Å². The zero-order chi connectivity index (χ0) is 22.6. The molecule has 166 valence electrons. The Balaban J connectivity index is 1.26. The van der Waals surface area contributed by atoms with Gasteiger partial charge in [0.1, 0.15) is 11.6 Å². The van der Waals surface area contributed by atoms with Crippen LogP contribution in [0.3, 0.4) is 0 Å². The van der Waals surface area contributed by atoms with Crippen LogP contribution in [0.4, 0.5) is 5.69 Å². The number of benzene rings is 2. The van der Waals surface area contributed by atoms with Crippen LogP contribution in [0.2, 0.25) is 0 Å². The van der Waals surface area contributed by atoms with E-state index >= 15 is 0 Å². The highest BCUT2D eigenvalue weighted by Gasteiger charge is 2.23. The molecule has 0 radical (unpaired) electrons. The predicted octanol–water partition coefficient (Wildman–Crippen LogP) is 4.75. The summed E-state index contributed by atoms with van der Waals surface area (Å²) in [6, 6.07) is 22.0. The summed E-state index contributed by atoms with van der Waals surface area (Å²) < 4.78 is 2.19. The Morgan fingerprint density at radius 2 is 1.94 bits per heavy atom. The van der Waals surface area contributed by atoms with E-state index in [1.807, 2.05) is 67.7 Å². The highest BCUT2D eigenvalue weighted by atomic mass is 16.1. The van der Waals surface area contributed by atoms with Crippen molar-refractivity contribution < 1.29 is 4.79 Å². The lowest BCUT2D eigenvalue weighted by atomic mass is 9.90. The number of anilines is 1. The molecule has 1 aliphatic heterocycles. The van der Waals surface area contributed by atoms with Crippen molar-refractivity contribution >= 4 is 11.6 Å². The molecule has 0 saturated heterocycles. The Hall–Kier alpha value is -3.80. The Bertz CT molecular complexity index is 1260. The molecule has 6 nitrogen and oxygen atoms in total. The molecule has 1 N–H and O–H groups in total. The molecule has 2 aromatic heterocycles. The van der Waals surface area contributed by atoms with E-state index in [1.54, 1.807) is 0 Å². The predicted molar refractivity (Wildman–Crippen MR) is 128 cm³/mol. The van der Waals surface area contributed by atoms with E-state index in [9.17, 15) is 4.79 Å². The molecule has 0 aliphatic carbocycles. The van der Waals surface area contributed by atoms with Crippen molar-refractivity contribution in [3.63, 3.8) is 0 Å². The summed E-state index contributed by atoms with van der Waals surface area (Å²) in [5.41, 5.74) is 4.92. The van der Waals surface area contributed by atoms with E-state index in [0.29, 0.717) is 11.5 Å². The van der Waals surface area contributed by atoms with Gasteiger partial charge in [-0.2, -0.15) is 0 Å². The van der Waals surface area contributed by atoms with Gasteiger partial charge in [-0.3, -0.25) is 9.78 Å². The van der Waals surface area contributed by atoms with Crippen LogP contribution in [0.15, 0.2) is 72.9 Å². The second kappa shape index (κ2) is 9.36. The molecule has 33 heavy (non-hydrogen) atoms. The number of hydrogen-bond donors (Lipinski definition) is 1. The second-order valence-corrected chi connectivity index (χ2v) is 8.61. The van der Waals surface area contributed by atoms with Crippen LogP contribution in [0, 0.1) is 6.92 Å². The normalized spacial score (nSPS) is 15.1. The zero-order valence-electron chi connectivity index (χ0n) is 18.7. The van der Waals surface area contributed by atoms with Crippen molar-refractivity contribution in [3.05, 3.63) is 107 Å². The van der Waals surface area contributed by atoms with Crippen LogP contribution in [0.5, 0.6) is 0 Å². The van der Waals surface area contributed by atoms with E-state index in [1.165, 1.54) is 11.1 Å². The van der Waals surface area contributed by atoms with Crippen molar-refractivity contribution in [1.29, 1.82) is 0 Å². The van der Waals surface area contributed by atoms with E-state index in [2.05, 4.69) is 37.2 Å². The number of pyridine rings is 1. The molecular weight excluding hydrogens is 410 g/mol. The van der Waals surface area contributed by atoms with Crippen molar-refractivity contribution in [2.45, 2.75) is 45.1 Å². The number of nitrogens with zero attached hydrogens (tertiary/aromatic N) is 4. The third-order valence-corrected chi connectivity index (χ3v) is 6.33. The number of carbonyl (C=O) groups excluding carboxylic acids is 1. The van der Waals surface area contributed by atoms with Gasteiger partial charge in [0.2, 0.25) is 0 Å². The summed E-state index contributed by atoms with van der Waals surface area (Å²) in [7, 11) is 0. The molecule has 1 atom stereocenters. The lowest BCUT2D eigenvalue weighted by molar-refractivity contribution is 0.102. The van der Waals surface area contributed by atoms with E-state index < -0.39 is 0 Å². The highest BCUT2D eigenvalue weighted by molar-refractivity contribution is 6.04. The number of hydrogen-bond acceptors (Lipinski definition) is 4. The minimum absolute atomic E-state index is 0.0873. The molecular formula is C27H27N5O. The molecule has 4 aromatic rings. The lowest BCUT2D eigenvalue weighted by Crippen LogP contribution is -2.20. The number of amides is 1. The summed E-state index contributed by atoms with van der Waals surface area (Å²) in [6.45, 7) is 2.85. The highest BCUT2D eigenvalue weighted by Crippen LogP contribution is 2.29. The molecule has 0 unspecified atom stereocenters. The fourth-order valence-electron chi connectivity index (χ4n) is 4.49. The molecule has 5 rings (SSSR count). The molecule has 6 heteroatoms. The van der Waals surface area contributed by atoms with E-state index in [0.717, 1.165) is 55.3 Å². The number of nitrogens with one attached hydrogen (secondary N) is 1. The molecule has 0 saturated carbocycles. The molecule has 1 aliphatic rings. The van der Waals surface area contributed by atoms with Crippen LogP contribution in [-0.4, -0.2) is 25.7 Å².